The summed E-state index contributed by atoms with van der Waals surface area (Å²) in [6.07, 6.45) is 2.55. The summed E-state index contributed by atoms with van der Waals surface area (Å²) in [7, 11) is 1.66. The lowest BCUT2D eigenvalue weighted by molar-refractivity contribution is 0.111. The zero-order valence-electron chi connectivity index (χ0n) is 16.5. The molecule has 0 unspecified atom stereocenters. The molecule has 0 atom stereocenters. The highest BCUT2D eigenvalue weighted by molar-refractivity contribution is 7.20. The molecule has 0 radical (unpaired) electrons. The number of nitrogens with one attached hydrogen (secondary N) is 1. The number of methoxy groups -OCH3 is 1. The summed E-state index contributed by atoms with van der Waals surface area (Å²) >= 11 is 1.58. The molecule has 152 valence electrons. The highest BCUT2D eigenvalue weighted by Gasteiger charge is 2.24. The number of piperidine rings is 1. The number of nitrogens with zero attached hydrogens (tertiary/aromatic N) is 2. The van der Waals surface area contributed by atoms with Gasteiger partial charge in [0, 0.05) is 32.5 Å². The van der Waals surface area contributed by atoms with E-state index >= 15 is 0 Å². The summed E-state index contributed by atoms with van der Waals surface area (Å²) in [5.74, 6) is 0.841. The zero-order valence-corrected chi connectivity index (χ0v) is 17.3. The van der Waals surface area contributed by atoms with Crippen molar-refractivity contribution in [3.63, 3.8) is 0 Å². The lowest BCUT2D eigenvalue weighted by Crippen LogP contribution is -2.46. The van der Waals surface area contributed by atoms with Crippen LogP contribution in [0.15, 0.2) is 48.5 Å². The predicted octanol–water partition coefficient (Wildman–Crippen LogP) is 4.10. The minimum absolute atomic E-state index is 0.00283. The molecule has 4 rings (SSSR count). The van der Waals surface area contributed by atoms with E-state index < -0.39 is 0 Å². The van der Waals surface area contributed by atoms with E-state index in [2.05, 4.69) is 16.4 Å². The van der Waals surface area contributed by atoms with Gasteiger partial charge in [0.05, 0.1) is 17.3 Å². The number of aromatic nitrogens is 1. The molecule has 2 amide bonds. The van der Waals surface area contributed by atoms with Gasteiger partial charge in [-0.3, -0.25) is 0 Å². The molecule has 0 spiro atoms. The van der Waals surface area contributed by atoms with E-state index in [4.69, 9.17) is 9.47 Å². The summed E-state index contributed by atoms with van der Waals surface area (Å²) in [4.78, 5) is 18.8. The van der Waals surface area contributed by atoms with Crippen molar-refractivity contribution in [1.82, 2.24) is 15.2 Å². The first-order valence-electron chi connectivity index (χ1n) is 9.89. The number of rotatable bonds is 6. The Morgan fingerprint density at radius 3 is 2.66 bits per heavy atom. The Morgan fingerprint density at radius 1 is 1.17 bits per heavy atom. The molecular weight excluding hydrogens is 386 g/mol. The Kier molecular flexibility index (Phi) is 6.14. The summed E-state index contributed by atoms with van der Waals surface area (Å²) in [6.45, 7) is 2.02. The van der Waals surface area contributed by atoms with Gasteiger partial charge >= 0.3 is 6.03 Å². The number of urea groups is 1. The maximum Gasteiger partial charge on any atom is 0.317 e. The van der Waals surface area contributed by atoms with Gasteiger partial charge in [-0.25, -0.2) is 9.78 Å². The number of carbonyl (C=O) groups is 1. The van der Waals surface area contributed by atoms with Crippen LogP contribution in [-0.4, -0.2) is 48.8 Å². The third-order valence-electron chi connectivity index (χ3n) is 5.12. The largest absolute Gasteiger partial charge is 0.497 e. The molecule has 3 aromatic rings. The molecule has 0 aliphatic carbocycles. The lowest BCUT2D eigenvalue weighted by atomic mass is 10.1. The van der Waals surface area contributed by atoms with Crippen molar-refractivity contribution in [2.45, 2.75) is 25.4 Å². The molecule has 1 N–H and O–H groups in total. The Balaban J connectivity index is 1.20. The van der Waals surface area contributed by atoms with E-state index in [1.165, 1.54) is 5.56 Å². The smallest absolute Gasteiger partial charge is 0.317 e. The first kappa shape index (κ1) is 19.5. The molecule has 0 bridgehead atoms. The number of para-hydroxylation sites is 1. The summed E-state index contributed by atoms with van der Waals surface area (Å²) in [5, 5.41) is 3.73. The van der Waals surface area contributed by atoms with E-state index in [-0.39, 0.29) is 12.1 Å². The fourth-order valence-corrected chi connectivity index (χ4v) is 4.32. The van der Waals surface area contributed by atoms with Crippen molar-refractivity contribution in [3.8, 4) is 10.9 Å². The maximum atomic E-state index is 12.4. The molecule has 1 aromatic heterocycles. The normalized spacial score (nSPS) is 14.7. The molecule has 1 fully saturated rings. The summed E-state index contributed by atoms with van der Waals surface area (Å²) < 4.78 is 12.4. The van der Waals surface area contributed by atoms with Crippen LogP contribution in [0.4, 0.5) is 4.79 Å². The zero-order chi connectivity index (χ0) is 20.1. The molecule has 1 aliphatic rings. The van der Waals surface area contributed by atoms with E-state index in [0.717, 1.165) is 35.2 Å². The summed E-state index contributed by atoms with van der Waals surface area (Å²) in [5.41, 5.74) is 2.15. The first-order valence-corrected chi connectivity index (χ1v) is 10.7. The van der Waals surface area contributed by atoms with Crippen molar-refractivity contribution in [3.05, 3.63) is 54.1 Å². The van der Waals surface area contributed by atoms with Crippen LogP contribution in [0.25, 0.3) is 10.2 Å². The van der Waals surface area contributed by atoms with Crippen LogP contribution in [0.3, 0.4) is 0 Å². The predicted molar refractivity (Wildman–Crippen MR) is 115 cm³/mol. The number of thiazole rings is 1. The van der Waals surface area contributed by atoms with Crippen LogP contribution >= 0.6 is 11.3 Å². The molecule has 7 heteroatoms. The maximum absolute atomic E-state index is 12.4. The third-order valence-corrected chi connectivity index (χ3v) is 6.05. The first-order chi connectivity index (χ1) is 14.2. The molecule has 2 aromatic carbocycles. The van der Waals surface area contributed by atoms with Crippen LogP contribution in [-0.2, 0) is 6.42 Å². The van der Waals surface area contributed by atoms with Crippen molar-refractivity contribution < 1.29 is 14.3 Å². The Hall–Kier alpha value is -2.80. The highest BCUT2D eigenvalue weighted by Crippen LogP contribution is 2.29. The highest BCUT2D eigenvalue weighted by atomic mass is 32.1. The minimum atomic E-state index is -0.00283. The van der Waals surface area contributed by atoms with E-state index in [0.29, 0.717) is 24.8 Å². The van der Waals surface area contributed by atoms with Crippen molar-refractivity contribution in [2.24, 2.45) is 0 Å². The number of ether oxygens (including phenoxy) is 2. The van der Waals surface area contributed by atoms with Crippen LogP contribution < -0.4 is 14.8 Å². The summed E-state index contributed by atoms with van der Waals surface area (Å²) in [6, 6.07) is 16.0. The standard InChI is InChI=1S/C22H25N3O3S/c1-27-17-8-6-16(7-9-17)10-13-23-21(26)25-14-11-18(12-15-25)28-22-24-19-4-2-3-5-20(19)29-22/h2-9,18H,10-15H2,1H3,(H,23,26). The Labute approximate surface area is 174 Å². The van der Waals surface area contributed by atoms with Crippen molar-refractivity contribution in [1.29, 1.82) is 0 Å². The Morgan fingerprint density at radius 2 is 1.93 bits per heavy atom. The number of benzene rings is 2. The fourth-order valence-electron chi connectivity index (χ4n) is 3.44. The SMILES string of the molecule is COc1ccc(CCNC(=O)N2CCC(Oc3nc4ccccc4s3)CC2)cc1. The third kappa shape index (κ3) is 4.98. The van der Waals surface area contributed by atoms with Gasteiger partial charge in [0.2, 0.25) is 0 Å². The lowest BCUT2D eigenvalue weighted by Gasteiger charge is -2.31. The number of amides is 2. The van der Waals surface area contributed by atoms with Gasteiger partial charge in [0.15, 0.2) is 0 Å². The van der Waals surface area contributed by atoms with E-state index in [1.54, 1.807) is 18.4 Å². The second-order valence-corrected chi connectivity index (χ2v) is 8.07. The van der Waals surface area contributed by atoms with Gasteiger partial charge in [0.1, 0.15) is 11.9 Å². The van der Waals surface area contributed by atoms with Gasteiger partial charge in [-0.2, -0.15) is 0 Å². The minimum Gasteiger partial charge on any atom is -0.497 e. The molecule has 1 aliphatic heterocycles. The average Bonchev–Trinajstić information content (AvgIpc) is 3.17. The van der Waals surface area contributed by atoms with Gasteiger partial charge in [-0.15, -0.1) is 0 Å². The second-order valence-electron chi connectivity index (χ2n) is 7.08. The van der Waals surface area contributed by atoms with E-state index in [1.807, 2.05) is 47.4 Å². The molecule has 2 heterocycles. The van der Waals surface area contributed by atoms with Gasteiger partial charge in [-0.1, -0.05) is 35.6 Å². The molecule has 0 saturated carbocycles. The van der Waals surface area contributed by atoms with Crippen molar-refractivity contribution >= 4 is 27.6 Å². The number of likely N-dealkylation sites (tertiary alicyclic amines) is 1. The molecule has 1 saturated heterocycles. The van der Waals surface area contributed by atoms with Gasteiger partial charge < -0.3 is 19.7 Å². The number of hydrogen-bond donors (Lipinski definition) is 1. The van der Waals surface area contributed by atoms with Crippen LogP contribution in [0, 0.1) is 0 Å². The topological polar surface area (TPSA) is 63.7 Å². The number of carbonyl (C=O) groups excluding carboxylic acids is 1. The second kappa shape index (κ2) is 9.13. The quantitative estimate of drug-likeness (QED) is 0.663. The number of hydrogen-bond acceptors (Lipinski definition) is 5. The van der Waals surface area contributed by atoms with Gasteiger partial charge in [-0.05, 0) is 36.2 Å². The van der Waals surface area contributed by atoms with Crippen molar-refractivity contribution in [2.75, 3.05) is 26.7 Å². The van der Waals surface area contributed by atoms with Crippen LogP contribution in [0.1, 0.15) is 18.4 Å². The van der Waals surface area contributed by atoms with Crippen LogP contribution in [0.5, 0.6) is 10.9 Å². The molecular formula is C22H25N3O3S. The average molecular weight is 412 g/mol. The molecule has 29 heavy (non-hydrogen) atoms. The molecule has 6 nitrogen and oxygen atoms in total. The Bertz CT molecular complexity index is 916. The fraction of sp³-hybridized carbons (Fsp3) is 0.364. The monoisotopic (exact) mass is 411 g/mol. The number of fused-ring (bicyclic) bond motifs is 1. The van der Waals surface area contributed by atoms with Crippen LogP contribution in [0.2, 0.25) is 0 Å². The van der Waals surface area contributed by atoms with Gasteiger partial charge in [0.25, 0.3) is 5.19 Å². The van der Waals surface area contributed by atoms with E-state index in [9.17, 15) is 4.79 Å².